The Morgan fingerprint density at radius 2 is 2.06 bits per heavy atom. The number of Topliss-reactive ketones (excluding diaryl/α,β-unsaturated/α-hetero) is 1. The summed E-state index contributed by atoms with van der Waals surface area (Å²) in [5, 5.41) is 3.07. The summed E-state index contributed by atoms with van der Waals surface area (Å²) < 4.78 is 0. The van der Waals surface area contributed by atoms with Crippen molar-refractivity contribution in [1.29, 1.82) is 0 Å². The van der Waals surface area contributed by atoms with Crippen molar-refractivity contribution < 1.29 is 9.59 Å². The van der Waals surface area contributed by atoms with Crippen LogP contribution in [0.1, 0.15) is 16.8 Å². The summed E-state index contributed by atoms with van der Waals surface area (Å²) in [4.78, 5) is 25.0. The van der Waals surface area contributed by atoms with Crippen LogP contribution in [0.15, 0.2) is 24.3 Å². The summed E-state index contributed by atoms with van der Waals surface area (Å²) in [6.07, 6.45) is 5.18. The van der Waals surface area contributed by atoms with E-state index in [0.717, 1.165) is 25.2 Å². The number of nitrogens with zero attached hydrogens (tertiary/aromatic N) is 1. The lowest BCUT2D eigenvalue weighted by molar-refractivity contribution is -0.112. The quantitative estimate of drug-likeness (QED) is 0.624. The van der Waals surface area contributed by atoms with Crippen LogP contribution in [0.2, 0.25) is 5.02 Å². The number of carbonyl (C=O) groups excluding carboxylic acids is 2. The van der Waals surface area contributed by atoms with E-state index in [1.54, 1.807) is 12.1 Å². The van der Waals surface area contributed by atoms with Crippen molar-refractivity contribution in [3.05, 3.63) is 34.9 Å². The van der Waals surface area contributed by atoms with Gasteiger partial charge in [-0.2, -0.15) is 0 Å². The van der Waals surface area contributed by atoms with Crippen LogP contribution < -0.4 is 10.2 Å². The molecule has 0 spiro atoms. The van der Waals surface area contributed by atoms with Crippen LogP contribution in [0.3, 0.4) is 0 Å². The molecule has 1 N–H and O–H groups in total. The van der Waals surface area contributed by atoms with E-state index in [1.807, 2.05) is 0 Å². The summed E-state index contributed by atoms with van der Waals surface area (Å²) in [5.74, 6) is -1.10. The van der Waals surface area contributed by atoms with Gasteiger partial charge >= 0.3 is 0 Å². The number of benzene rings is 1. The summed E-state index contributed by atoms with van der Waals surface area (Å²) in [6, 6.07) is 3.35. The Bertz CT molecular complexity index is 581. The highest BCUT2D eigenvalue weighted by atomic mass is 35.5. The van der Waals surface area contributed by atoms with Gasteiger partial charge in [-0.15, -0.1) is 0 Å². The summed E-state index contributed by atoms with van der Waals surface area (Å²) >= 11 is 6.20. The van der Waals surface area contributed by atoms with E-state index < -0.39 is 11.7 Å². The maximum Gasteiger partial charge on any atom is 0.296 e. The highest BCUT2D eigenvalue weighted by molar-refractivity contribution is 6.52. The molecule has 0 radical (unpaired) electrons. The normalized spacial score (nSPS) is 17.9. The molecule has 0 unspecified atom stereocenters. The van der Waals surface area contributed by atoms with Gasteiger partial charge in [-0.25, -0.2) is 0 Å². The number of nitrogens with one attached hydrogen (secondary N) is 1. The molecule has 0 aromatic heterocycles. The van der Waals surface area contributed by atoms with Crippen molar-refractivity contribution in [2.24, 2.45) is 0 Å². The van der Waals surface area contributed by atoms with E-state index >= 15 is 0 Å². The van der Waals surface area contributed by atoms with Gasteiger partial charge in [-0.05, 0) is 18.6 Å². The zero-order valence-corrected chi connectivity index (χ0v) is 10.3. The standard InChI is InChI=1S/C13H11ClN2O2/c14-9-6-8-10(15-13(18)12(8)17)7-11(9)16-4-2-1-3-5-16/h1-2,6-7H,3-5H2,(H,15,17,18). The van der Waals surface area contributed by atoms with E-state index in [9.17, 15) is 9.59 Å². The predicted molar refractivity (Wildman–Crippen MR) is 70.4 cm³/mol. The number of hydrogen-bond acceptors (Lipinski definition) is 3. The fraction of sp³-hybridized carbons (Fsp3) is 0.231. The monoisotopic (exact) mass is 262 g/mol. The first-order valence-electron chi connectivity index (χ1n) is 5.76. The molecule has 0 fully saturated rings. The molecule has 0 atom stereocenters. The smallest absolute Gasteiger partial charge is 0.296 e. The van der Waals surface area contributed by atoms with Gasteiger partial charge in [0.25, 0.3) is 11.7 Å². The second-order valence-electron chi connectivity index (χ2n) is 4.34. The van der Waals surface area contributed by atoms with Gasteiger partial charge in [0.2, 0.25) is 0 Å². The largest absolute Gasteiger partial charge is 0.366 e. The van der Waals surface area contributed by atoms with Gasteiger partial charge in [0.05, 0.1) is 22.0 Å². The highest BCUT2D eigenvalue weighted by Crippen LogP contribution is 2.35. The zero-order valence-electron chi connectivity index (χ0n) is 9.57. The highest BCUT2D eigenvalue weighted by Gasteiger charge is 2.29. The third-order valence-electron chi connectivity index (χ3n) is 3.18. The molecule has 2 aliphatic rings. The Balaban J connectivity index is 2.03. The van der Waals surface area contributed by atoms with E-state index in [2.05, 4.69) is 22.4 Å². The third-order valence-corrected chi connectivity index (χ3v) is 3.49. The first-order valence-corrected chi connectivity index (χ1v) is 6.14. The van der Waals surface area contributed by atoms with Crippen molar-refractivity contribution >= 4 is 34.7 Å². The molecule has 18 heavy (non-hydrogen) atoms. The first kappa shape index (κ1) is 11.3. The van der Waals surface area contributed by atoms with Gasteiger partial charge in [-0.1, -0.05) is 23.8 Å². The second-order valence-corrected chi connectivity index (χ2v) is 4.75. The molecule has 1 amide bonds. The number of ketones is 1. The zero-order chi connectivity index (χ0) is 12.7. The molecular weight excluding hydrogens is 252 g/mol. The number of rotatable bonds is 1. The van der Waals surface area contributed by atoms with Crippen molar-refractivity contribution in [2.45, 2.75) is 6.42 Å². The Morgan fingerprint density at radius 3 is 2.78 bits per heavy atom. The lowest BCUT2D eigenvalue weighted by Crippen LogP contribution is -2.27. The molecule has 2 aliphatic heterocycles. The van der Waals surface area contributed by atoms with Gasteiger partial charge in [0.15, 0.2) is 0 Å². The van der Waals surface area contributed by atoms with Crippen LogP contribution >= 0.6 is 11.6 Å². The maximum atomic E-state index is 11.5. The van der Waals surface area contributed by atoms with E-state index in [0.29, 0.717) is 16.3 Å². The molecule has 2 heterocycles. The molecule has 0 saturated heterocycles. The third kappa shape index (κ3) is 1.69. The number of carbonyl (C=O) groups is 2. The van der Waals surface area contributed by atoms with Crippen molar-refractivity contribution in [3.8, 4) is 0 Å². The fourth-order valence-corrected chi connectivity index (χ4v) is 2.54. The Labute approximate surface area is 109 Å². The number of anilines is 2. The SMILES string of the molecule is O=C1Nc2cc(N3CC=CCC3)c(Cl)cc2C1=O. The van der Waals surface area contributed by atoms with Crippen molar-refractivity contribution in [2.75, 3.05) is 23.3 Å². The van der Waals surface area contributed by atoms with Crippen LogP contribution in [0.4, 0.5) is 11.4 Å². The number of fused-ring (bicyclic) bond motifs is 1. The average Bonchev–Trinajstić information content (AvgIpc) is 2.66. The Kier molecular flexibility index (Phi) is 2.59. The minimum atomic E-state index is -0.586. The van der Waals surface area contributed by atoms with Crippen LogP contribution in [0, 0.1) is 0 Å². The van der Waals surface area contributed by atoms with E-state index in [4.69, 9.17) is 11.6 Å². The lowest BCUT2D eigenvalue weighted by atomic mass is 10.1. The summed E-state index contributed by atoms with van der Waals surface area (Å²) in [5.41, 5.74) is 1.77. The maximum absolute atomic E-state index is 11.5. The minimum absolute atomic E-state index is 0.362. The number of amides is 1. The van der Waals surface area contributed by atoms with Crippen LogP contribution in [0.25, 0.3) is 0 Å². The Hall–Kier alpha value is -1.81. The van der Waals surface area contributed by atoms with E-state index in [1.165, 1.54) is 0 Å². The van der Waals surface area contributed by atoms with Crippen LogP contribution in [-0.2, 0) is 4.79 Å². The first-order chi connectivity index (χ1) is 8.66. The average molecular weight is 263 g/mol. The molecule has 1 aromatic carbocycles. The van der Waals surface area contributed by atoms with Crippen molar-refractivity contribution in [3.63, 3.8) is 0 Å². The lowest BCUT2D eigenvalue weighted by Gasteiger charge is -2.27. The molecule has 3 rings (SSSR count). The van der Waals surface area contributed by atoms with Gasteiger partial charge in [0.1, 0.15) is 0 Å². The number of hydrogen-bond donors (Lipinski definition) is 1. The molecule has 1 aromatic rings. The predicted octanol–water partition coefficient (Wildman–Crippen LogP) is 2.24. The van der Waals surface area contributed by atoms with Crippen molar-refractivity contribution in [1.82, 2.24) is 0 Å². The molecular formula is C13H11ClN2O2. The summed E-state index contributed by atoms with van der Waals surface area (Å²) in [6.45, 7) is 1.68. The summed E-state index contributed by atoms with van der Waals surface area (Å²) in [7, 11) is 0. The molecule has 5 heteroatoms. The van der Waals surface area contributed by atoms with Gasteiger partial charge in [-0.3, -0.25) is 9.59 Å². The molecule has 92 valence electrons. The molecule has 4 nitrogen and oxygen atoms in total. The minimum Gasteiger partial charge on any atom is -0.366 e. The molecule has 0 bridgehead atoms. The van der Waals surface area contributed by atoms with Gasteiger partial charge in [0, 0.05) is 13.1 Å². The molecule has 0 aliphatic carbocycles. The van der Waals surface area contributed by atoms with Crippen LogP contribution in [0.5, 0.6) is 0 Å². The Morgan fingerprint density at radius 1 is 1.22 bits per heavy atom. The topological polar surface area (TPSA) is 49.4 Å². The second kappa shape index (κ2) is 4.14. The molecule has 0 saturated carbocycles. The fourth-order valence-electron chi connectivity index (χ4n) is 2.26. The van der Waals surface area contributed by atoms with Crippen LogP contribution in [-0.4, -0.2) is 24.8 Å². The van der Waals surface area contributed by atoms with E-state index in [-0.39, 0.29) is 0 Å². The number of halogens is 1. The van der Waals surface area contributed by atoms with Gasteiger partial charge < -0.3 is 10.2 Å².